The quantitative estimate of drug-likeness (QED) is 0.417. The highest BCUT2D eigenvalue weighted by molar-refractivity contribution is 5.70. The number of rotatable bonds is 6. The second kappa shape index (κ2) is 8.21. The van der Waals surface area contributed by atoms with Crippen LogP contribution in [0.25, 0.3) is 28.3 Å². The van der Waals surface area contributed by atoms with Gasteiger partial charge < -0.3 is 9.64 Å². The fourth-order valence-electron chi connectivity index (χ4n) is 5.63. The maximum atomic E-state index is 9.28. The molecule has 2 bridgehead atoms. The lowest BCUT2D eigenvalue weighted by Crippen LogP contribution is -2.42. The first kappa shape index (κ1) is 20.7. The molecule has 1 aliphatic carbocycles. The molecule has 7 rings (SSSR count). The third-order valence-electron chi connectivity index (χ3n) is 7.63. The number of nitrogens with zero attached hydrogens (tertiary/aromatic N) is 7. The number of imidazole rings is 1. The Balaban J connectivity index is 1.21. The Bertz CT molecular complexity index is 1400. The number of aromatic nitrogens is 5. The summed E-state index contributed by atoms with van der Waals surface area (Å²) >= 11 is 0. The van der Waals surface area contributed by atoms with E-state index in [0.29, 0.717) is 24.5 Å². The molecule has 0 spiro atoms. The zero-order valence-electron chi connectivity index (χ0n) is 19.5. The average molecular weight is 466 g/mol. The van der Waals surface area contributed by atoms with Crippen LogP contribution in [0.4, 0.5) is 5.69 Å². The smallest absolute Gasteiger partial charge is 0.149 e. The van der Waals surface area contributed by atoms with Gasteiger partial charge in [-0.25, -0.2) is 9.97 Å². The molecule has 2 aliphatic heterocycles. The summed E-state index contributed by atoms with van der Waals surface area (Å²) in [7, 11) is 0. The highest BCUT2D eigenvalue weighted by atomic mass is 16.5. The van der Waals surface area contributed by atoms with Crippen LogP contribution in [-0.2, 0) is 4.74 Å². The van der Waals surface area contributed by atoms with E-state index >= 15 is 0 Å². The lowest BCUT2D eigenvalue weighted by atomic mass is 10.1. The van der Waals surface area contributed by atoms with Crippen LogP contribution in [0.5, 0.6) is 0 Å². The van der Waals surface area contributed by atoms with E-state index in [2.05, 4.69) is 45.3 Å². The number of ether oxygens (including phenoxy) is 1. The van der Waals surface area contributed by atoms with E-state index in [9.17, 15) is 5.26 Å². The standard InChI is InChI=1S/C27H27N7O/c28-10-9-25(19-1-2-19)34-15-20(14-30-34)27-31-24(13-26-29-11-12-33(26)27)18-3-5-21(6-4-18)32-16-22-7-8-23(17-32)35-22/h3-6,11-15,19,22-23,25H,1-2,7-9,16-17H2. The van der Waals surface area contributed by atoms with Gasteiger partial charge in [0.2, 0.25) is 0 Å². The molecule has 35 heavy (non-hydrogen) atoms. The Morgan fingerprint density at radius 1 is 1.06 bits per heavy atom. The van der Waals surface area contributed by atoms with Gasteiger partial charge in [0.1, 0.15) is 11.5 Å². The molecule has 5 heterocycles. The molecule has 3 unspecified atom stereocenters. The summed E-state index contributed by atoms with van der Waals surface area (Å²) in [4.78, 5) is 12.0. The molecule has 0 amide bonds. The molecule has 3 atom stereocenters. The van der Waals surface area contributed by atoms with Crippen molar-refractivity contribution in [1.82, 2.24) is 24.1 Å². The first-order chi connectivity index (χ1) is 17.2. The second-order valence-electron chi connectivity index (χ2n) is 10.0. The highest BCUT2D eigenvalue weighted by Crippen LogP contribution is 2.41. The molecule has 4 aromatic rings. The van der Waals surface area contributed by atoms with Gasteiger partial charge in [-0.1, -0.05) is 12.1 Å². The molecule has 2 saturated heterocycles. The van der Waals surface area contributed by atoms with Gasteiger partial charge in [-0.05, 0) is 43.7 Å². The van der Waals surface area contributed by atoms with Crippen LogP contribution in [0.15, 0.2) is 55.1 Å². The number of anilines is 1. The van der Waals surface area contributed by atoms with Crippen molar-refractivity contribution >= 4 is 11.3 Å². The fraction of sp³-hybridized carbons (Fsp3) is 0.407. The van der Waals surface area contributed by atoms with E-state index in [-0.39, 0.29) is 6.04 Å². The lowest BCUT2D eigenvalue weighted by Gasteiger charge is -2.33. The number of hydrogen-bond donors (Lipinski definition) is 0. The van der Waals surface area contributed by atoms with Gasteiger partial charge in [-0.2, -0.15) is 10.4 Å². The van der Waals surface area contributed by atoms with Gasteiger partial charge in [0.05, 0.1) is 48.2 Å². The summed E-state index contributed by atoms with van der Waals surface area (Å²) < 4.78 is 9.95. The van der Waals surface area contributed by atoms with Gasteiger partial charge in [0, 0.05) is 49.0 Å². The zero-order valence-corrected chi connectivity index (χ0v) is 19.5. The van der Waals surface area contributed by atoms with Gasteiger partial charge in [-0.15, -0.1) is 0 Å². The molecular weight excluding hydrogens is 438 g/mol. The number of morpholine rings is 1. The lowest BCUT2D eigenvalue weighted by molar-refractivity contribution is 0.0305. The molecule has 8 nitrogen and oxygen atoms in total. The zero-order chi connectivity index (χ0) is 23.4. The fourth-order valence-corrected chi connectivity index (χ4v) is 5.63. The predicted molar refractivity (Wildman–Crippen MR) is 132 cm³/mol. The molecule has 3 aromatic heterocycles. The summed E-state index contributed by atoms with van der Waals surface area (Å²) in [5.41, 5.74) is 4.96. The highest BCUT2D eigenvalue weighted by Gasteiger charge is 2.34. The van der Waals surface area contributed by atoms with Crippen LogP contribution in [0.3, 0.4) is 0 Å². The van der Waals surface area contributed by atoms with Gasteiger partial charge >= 0.3 is 0 Å². The van der Waals surface area contributed by atoms with Gasteiger partial charge in [-0.3, -0.25) is 9.08 Å². The predicted octanol–water partition coefficient (Wildman–Crippen LogP) is 4.49. The topological polar surface area (TPSA) is 84.3 Å². The summed E-state index contributed by atoms with van der Waals surface area (Å²) in [5, 5.41) is 13.9. The van der Waals surface area contributed by atoms with Crippen LogP contribution in [0.2, 0.25) is 0 Å². The van der Waals surface area contributed by atoms with Crippen molar-refractivity contribution in [2.45, 2.75) is 50.4 Å². The van der Waals surface area contributed by atoms with Crippen molar-refractivity contribution in [3.05, 3.63) is 55.1 Å². The molecule has 0 radical (unpaired) electrons. The van der Waals surface area contributed by atoms with Crippen molar-refractivity contribution < 1.29 is 4.74 Å². The first-order valence-electron chi connectivity index (χ1n) is 12.5. The van der Waals surface area contributed by atoms with Crippen molar-refractivity contribution in [2.75, 3.05) is 18.0 Å². The van der Waals surface area contributed by atoms with E-state index in [0.717, 1.165) is 41.4 Å². The van der Waals surface area contributed by atoms with Crippen molar-refractivity contribution in [3.8, 4) is 28.7 Å². The van der Waals surface area contributed by atoms with Crippen LogP contribution in [0, 0.1) is 17.2 Å². The van der Waals surface area contributed by atoms with Crippen LogP contribution in [-0.4, -0.2) is 49.4 Å². The molecule has 3 aliphatic rings. The van der Waals surface area contributed by atoms with Crippen molar-refractivity contribution in [3.63, 3.8) is 0 Å². The number of benzene rings is 1. The van der Waals surface area contributed by atoms with E-state index in [4.69, 9.17) is 9.72 Å². The Labute approximate surface area is 203 Å². The third-order valence-corrected chi connectivity index (χ3v) is 7.63. The normalized spacial score (nSPS) is 22.4. The SMILES string of the molecule is N#CCC(C1CC1)n1cc(-c2nc(-c3ccc(N4CC5CCC(C4)O5)cc3)cc3nccn23)cn1. The summed E-state index contributed by atoms with van der Waals surface area (Å²) in [5.74, 6) is 1.36. The molecule has 8 heteroatoms. The second-order valence-corrected chi connectivity index (χ2v) is 10.0. The van der Waals surface area contributed by atoms with E-state index < -0.39 is 0 Å². The Hall–Kier alpha value is -3.70. The van der Waals surface area contributed by atoms with E-state index in [1.807, 2.05) is 33.7 Å². The van der Waals surface area contributed by atoms with Crippen molar-refractivity contribution in [2.24, 2.45) is 5.92 Å². The molecule has 1 aromatic carbocycles. The Morgan fingerprint density at radius 3 is 2.60 bits per heavy atom. The first-order valence-corrected chi connectivity index (χ1v) is 12.5. The Kier molecular flexibility index (Phi) is 4.84. The van der Waals surface area contributed by atoms with E-state index in [1.165, 1.54) is 31.4 Å². The maximum absolute atomic E-state index is 9.28. The number of fused-ring (bicyclic) bond motifs is 3. The molecular formula is C27H27N7O. The average Bonchev–Trinajstić information content (AvgIpc) is 3.25. The minimum Gasteiger partial charge on any atom is -0.371 e. The summed E-state index contributed by atoms with van der Waals surface area (Å²) in [6, 6.07) is 13.2. The molecule has 176 valence electrons. The Morgan fingerprint density at radius 2 is 1.86 bits per heavy atom. The summed E-state index contributed by atoms with van der Waals surface area (Å²) in [6.45, 7) is 1.94. The largest absolute Gasteiger partial charge is 0.371 e. The maximum Gasteiger partial charge on any atom is 0.149 e. The van der Waals surface area contributed by atoms with Crippen molar-refractivity contribution in [1.29, 1.82) is 5.26 Å². The molecule has 3 fully saturated rings. The third kappa shape index (κ3) is 3.76. The molecule has 1 saturated carbocycles. The van der Waals surface area contributed by atoms with Crippen LogP contribution < -0.4 is 4.90 Å². The monoisotopic (exact) mass is 465 g/mol. The molecule has 0 N–H and O–H groups in total. The van der Waals surface area contributed by atoms with Crippen LogP contribution >= 0.6 is 0 Å². The summed E-state index contributed by atoms with van der Waals surface area (Å²) in [6.07, 6.45) is 13.5. The minimum absolute atomic E-state index is 0.137. The van der Waals surface area contributed by atoms with Gasteiger partial charge in [0.15, 0.2) is 0 Å². The number of nitriles is 1. The van der Waals surface area contributed by atoms with Gasteiger partial charge in [0.25, 0.3) is 0 Å². The van der Waals surface area contributed by atoms with E-state index in [1.54, 1.807) is 6.20 Å². The van der Waals surface area contributed by atoms with Crippen LogP contribution in [0.1, 0.15) is 38.1 Å². The minimum atomic E-state index is 0.137. The number of hydrogen-bond acceptors (Lipinski definition) is 6.